The summed E-state index contributed by atoms with van der Waals surface area (Å²) < 4.78 is 7.15. The van der Waals surface area contributed by atoms with Crippen molar-refractivity contribution in [3.8, 4) is 5.88 Å². The first-order valence-electron chi connectivity index (χ1n) is 6.97. The Bertz CT molecular complexity index is 427. The van der Waals surface area contributed by atoms with Crippen molar-refractivity contribution in [2.24, 2.45) is 7.05 Å². The van der Waals surface area contributed by atoms with Gasteiger partial charge in [-0.3, -0.25) is 0 Å². The predicted octanol–water partition coefficient (Wildman–Crippen LogP) is 0.393. The molecule has 1 aromatic heterocycles. The average molecular weight is 284 g/mol. The lowest BCUT2D eigenvalue weighted by Gasteiger charge is -2.27. The van der Waals surface area contributed by atoms with E-state index in [2.05, 4.69) is 17.3 Å². The summed E-state index contributed by atoms with van der Waals surface area (Å²) >= 11 is 0. The van der Waals surface area contributed by atoms with Gasteiger partial charge in [0.15, 0.2) is 0 Å². The van der Waals surface area contributed by atoms with E-state index < -0.39 is 5.60 Å². The first-order chi connectivity index (χ1) is 9.30. The molecule has 20 heavy (non-hydrogen) atoms. The first kappa shape index (κ1) is 16.9. The molecule has 0 saturated heterocycles. The molecule has 0 saturated carbocycles. The van der Waals surface area contributed by atoms with E-state index in [9.17, 15) is 5.11 Å². The van der Waals surface area contributed by atoms with Crippen LogP contribution in [0, 0.1) is 0 Å². The number of nitrogens with one attached hydrogen (secondary N) is 1. The summed E-state index contributed by atoms with van der Waals surface area (Å²) in [4.78, 5) is 1.98. The Morgan fingerprint density at radius 3 is 2.60 bits per heavy atom. The third-order valence-electron chi connectivity index (χ3n) is 3.16. The molecule has 0 amide bonds. The maximum absolute atomic E-state index is 10.3. The van der Waals surface area contributed by atoms with E-state index in [1.165, 1.54) is 0 Å². The van der Waals surface area contributed by atoms with Crippen molar-refractivity contribution in [1.82, 2.24) is 20.0 Å². The Balaban J connectivity index is 2.66. The molecule has 0 bridgehead atoms. The van der Waals surface area contributed by atoms with Crippen LogP contribution in [-0.2, 0) is 20.0 Å². The van der Waals surface area contributed by atoms with Crippen LogP contribution >= 0.6 is 0 Å². The molecule has 0 radical (unpaired) electrons. The van der Waals surface area contributed by atoms with Gasteiger partial charge in [0.25, 0.3) is 0 Å². The van der Waals surface area contributed by atoms with Crippen molar-refractivity contribution in [2.75, 3.05) is 34.3 Å². The fraction of sp³-hybridized carbons (Fsp3) is 0.786. The number of hydrogen-bond acceptors (Lipinski definition) is 5. The highest BCUT2D eigenvalue weighted by Gasteiger charge is 2.22. The summed E-state index contributed by atoms with van der Waals surface area (Å²) in [5, 5.41) is 18.0. The van der Waals surface area contributed by atoms with E-state index in [0.29, 0.717) is 19.6 Å². The number of aliphatic hydroxyl groups is 1. The van der Waals surface area contributed by atoms with Crippen LogP contribution in [0.2, 0.25) is 0 Å². The second-order valence-corrected chi connectivity index (χ2v) is 5.75. The number of aromatic nitrogens is 2. The van der Waals surface area contributed by atoms with Gasteiger partial charge >= 0.3 is 0 Å². The molecule has 1 heterocycles. The Morgan fingerprint density at radius 2 is 2.10 bits per heavy atom. The minimum absolute atomic E-state index is 0.520. The van der Waals surface area contributed by atoms with Crippen LogP contribution in [0.1, 0.15) is 25.1 Å². The highest BCUT2D eigenvalue weighted by molar-refractivity contribution is 5.31. The van der Waals surface area contributed by atoms with Gasteiger partial charge in [0.05, 0.1) is 24.0 Å². The largest absolute Gasteiger partial charge is 0.481 e. The smallest absolute Gasteiger partial charge is 0.216 e. The lowest BCUT2D eigenvalue weighted by molar-refractivity contribution is 0.0335. The third-order valence-corrected chi connectivity index (χ3v) is 3.16. The molecule has 0 aliphatic rings. The molecule has 1 atom stereocenters. The van der Waals surface area contributed by atoms with E-state index in [-0.39, 0.29) is 0 Å². The van der Waals surface area contributed by atoms with Gasteiger partial charge in [0.1, 0.15) is 0 Å². The lowest BCUT2D eigenvalue weighted by Crippen LogP contribution is -2.45. The minimum Gasteiger partial charge on any atom is -0.481 e. The highest BCUT2D eigenvalue weighted by Crippen LogP contribution is 2.21. The van der Waals surface area contributed by atoms with Crippen LogP contribution in [0.3, 0.4) is 0 Å². The SMILES string of the molecule is CCc1nn(C)c(OC)c1CNCC(C)(O)CN(C)C. The number of nitrogens with zero attached hydrogens (tertiary/aromatic N) is 3. The summed E-state index contributed by atoms with van der Waals surface area (Å²) in [7, 11) is 7.44. The molecule has 0 aliphatic carbocycles. The molecule has 0 fully saturated rings. The quantitative estimate of drug-likeness (QED) is 0.723. The van der Waals surface area contributed by atoms with Gasteiger partial charge in [-0.05, 0) is 27.4 Å². The number of hydrogen-bond donors (Lipinski definition) is 2. The van der Waals surface area contributed by atoms with Gasteiger partial charge in [-0.25, -0.2) is 4.68 Å². The Kier molecular flexibility index (Phi) is 5.98. The fourth-order valence-corrected chi connectivity index (χ4v) is 2.52. The second-order valence-electron chi connectivity index (χ2n) is 5.75. The number of aryl methyl sites for hydroxylation is 2. The topological polar surface area (TPSA) is 62.6 Å². The normalized spacial score (nSPS) is 14.6. The minimum atomic E-state index is -0.759. The summed E-state index contributed by atoms with van der Waals surface area (Å²) in [6.07, 6.45) is 0.863. The van der Waals surface area contributed by atoms with E-state index >= 15 is 0 Å². The molecule has 0 spiro atoms. The maximum atomic E-state index is 10.3. The number of methoxy groups -OCH3 is 1. The number of rotatable bonds is 8. The van der Waals surface area contributed by atoms with Gasteiger partial charge in [-0.1, -0.05) is 6.92 Å². The predicted molar refractivity (Wildman–Crippen MR) is 80.0 cm³/mol. The molecule has 116 valence electrons. The van der Waals surface area contributed by atoms with Gasteiger partial charge < -0.3 is 20.1 Å². The van der Waals surface area contributed by atoms with Gasteiger partial charge in [0, 0.05) is 26.7 Å². The third kappa shape index (κ3) is 4.47. The molecule has 1 aromatic rings. The lowest BCUT2D eigenvalue weighted by atomic mass is 10.1. The highest BCUT2D eigenvalue weighted by atomic mass is 16.5. The van der Waals surface area contributed by atoms with Crippen molar-refractivity contribution in [2.45, 2.75) is 32.4 Å². The molecule has 6 heteroatoms. The van der Waals surface area contributed by atoms with Crippen molar-refractivity contribution < 1.29 is 9.84 Å². The summed E-state index contributed by atoms with van der Waals surface area (Å²) in [5.41, 5.74) is 1.34. The standard InChI is InChI=1S/C14H28N4O2/c1-7-12-11(13(20-6)18(5)16-12)8-15-9-14(2,19)10-17(3)4/h15,19H,7-10H2,1-6H3. The van der Waals surface area contributed by atoms with Crippen LogP contribution < -0.4 is 10.1 Å². The van der Waals surface area contributed by atoms with E-state index in [0.717, 1.165) is 23.6 Å². The zero-order valence-corrected chi connectivity index (χ0v) is 13.5. The summed E-state index contributed by atoms with van der Waals surface area (Å²) in [5.74, 6) is 0.779. The molecule has 0 aliphatic heterocycles. The maximum Gasteiger partial charge on any atom is 0.216 e. The molecular weight excluding hydrogens is 256 g/mol. The van der Waals surface area contributed by atoms with Crippen LogP contribution in [0.4, 0.5) is 0 Å². The zero-order valence-electron chi connectivity index (χ0n) is 13.5. The van der Waals surface area contributed by atoms with Crippen molar-refractivity contribution in [1.29, 1.82) is 0 Å². The van der Waals surface area contributed by atoms with E-state index in [1.54, 1.807) is 11.8 Å². The zero-order chi connectivity index (χ0) is 15.3. The van der Waals surface area contributed by atoms with Crippen molar-refractivity contribution in [3.05, 3.63) is 11.3 Å². The Morgan fingerprint density at radius 1 is 1.45 bits per heavy atom. The molecule has 2 N–H and O–H groups in total. The van der Waals surface area contributed by atoms with Crippen LogP contribution in [0.25, 0.3) is 0 Å². The van der Waals surface area contributed by atoms with Gasteiger partial charge in [0.2, 0.25) is 5.88 Å². The van der Waals surface area contributed by atoms with Crippen molar-refractivity contribution >= 4 is 0 Å². The second kappa shape index (κ2) is 7.06. The molecule has 0 aromatic carbocycles. The van der Waals surface area contributed by atoms with Crippen LogP contribution in [0.5, 0.6) is 5.88 Å². The summed E-state index contributed by atoms with van der Waals surface area (Å²) in [6.45, 7) is 5.69. The molecule has 1 unspecified atom stereocenters. The molecule has 6 nitrogen and oxygen atoms in total. The van der Waals surface area contributed by atoms with Crippen LogP contribution in [0.15, 0.2) is 0 Å². The average Bonchev–Trinajstić information content (AvgIpc) is 2.63. The first-order valence-corrected chi connectivity index (χ1v) is 6.97. The number of likely N-dealkylation sites (N-methyl/N-ethyl adjacent to an activating group) is 1. The van der Waals surface area contributed by atoms with Crippen molar-refractivity contribution in [3.63, 3.8) is 0 Å². The van der Waals surface area contributed by atoms with E-state index in [4.69, 9.17) is 4.74 Å². The van der Waals surface area contributed by atoms with Gasteiger partial charge in [-0.2, -0.15) is 5.10 Å². The van der Waals surface area contributed by atoms with Crippen LogP contribution in [-0.4, -0.2) is 59.7 Å². The monoisotopic (exact) mass is 284 g/mol. The fourth-order valence-electron chi connectivity index (χ4n) is 2.52. The molecular formula is C14H28N4O2. The Hall–Kier alpha value is -1.11. The van der Waals surface area contributed by atoms with Gasteiger partial charge in [-0.15, -0.1) is 0 Å². The molecule has 1 rings (SSSR count). The summed E-state index contributed by atoms with van der Waals surface area (Å²) in [6, 6.07) is 0. The van der Waals surface area contributed by atoms with E-state index in [1.807, 2.05) is 33.0 Å². The number of ether oxygens (including phenoxy) is 1. The Labute approximate surface area is 121 Å².